The number of phosphoric acid groups is 1. The Labute approximate surface area is 202 Å². The maximum absolute atomic E-state index is 12.3. The van der Waals surface area contributed by atoms with E-state index in [0.717, 1.165) is 38.5 Å². The van der Waals surface area contributed by atoms with Crippen molar-refractivity contribution in [1.82, 2.24) is 5.32 Å². The maximum Gasteiger partial charge on any atom is 0.469 e. The minimum absolute atomic E-state index is 0.204. The normalized spacial score (nSPS) is 13.7. The Morgan fingerprint density at radius 1 is 0.758 bits per heavy atom. The first-order valence-electron chi connectivity index (χ1n) is 13.5. The van der Waals surface area contributed by atoms with Crippen LogP contribution in [-0.4, -0.2) is 39.6 Å². The molecule has 0 spiro atoms. The average molecular weight is 494 g/mol. The van der Waals surface area contributed by atoms with Gasteiger partial charge in [0.2, 0.25) is 5.91 Å². The zero-order chi connectivity index (χ0) is 24.8. The van der Waals surface area contributed by atoms with Crippen molar-refractivity contribution < 1.29 is 28.8 Å². The number of hydrogen-bond acceptors (Lipinski definition) is 4. The lowest BCUT2D eigenvalue weighted by Gasteiger charge is -2.24. The molecular weight excluding hydrogens is 441 g/mol. The molecule has 2 atom stereocenters. The molecule has 0 saturated carbocycles. The smallest absolute Gasteiger partial charge is 0.391 e. The summed E-state index contributed by atoms with van der Waals surface area (Å²) in [5, 5.41) is 13.3. The number of hydrogen-bond donors (Lipinski definition) is 4. The third kappa shape index (κ3) is 23.1. The van der Waals surface area contributed by atoms with E-state index in [0.29, 0.717) is 12.8 Å². The molecule has 0 saturated heterocycles. The second kappa shape index (κ2) is 22.0. The van der Waals surface area contributed by atoms with E-state index in [4.69, 9.17) is 9.79 Å². The molecule has 0 unspecified atom stereocenters. The molecule has 0 bridgehead atoms. The zero-order valence-electron chi connectivity index (χ0n) is 21.3. The SMILES string of the molecule is CCCCCCCCCCCC[C@@H](O)[C@H](COP(=O)(O)O)NC(=O)CCCCCCCCC. The first-order valence-corrected chi connectivity index (χ1v) is 15.0. The average Bonchev–Trinajstić information content (AvgIpc) is 2.76. The summed E-state index contributed by atoms with van der Waals surface area (Å²) in [6.07, 6.45) is 19.6. The fourth-order valence-corrected chi connectivity index (χ4v) is 4.34. The highest BCUT2D eigenvalue weighted by atomic mass is 31.2. The number of aliphatic hydroxyl groups is 1. The van der Waals surface area contributed by atoms with Crippen LogP contribution in [0.2, 0.25) is 0 Å². The Morgan fingerprint density at radius 2 is 1.18 bits per heavy atom. The van der Waals surface area contributed by atoms with Crippen molar-refractivity contribution in [3.8, 4) is 0 Å². The number of carbonyl (C=O) groups is 1. The summed E-state index contributed by atoms with van der Waals surface area (Å²) < 4.78 is 15.7. The van der Waals surface area contributed by atoms with Crippen molar-refractivity contribution in [1.29, 1.82) is 0 Å². The van der Waals surface area contributed by atoms with Crippen LogP contribution < -0.4 is 5.32 Å². The van der Waals surface area contributed by atoms with E-state index in [9.17, 15) is 14.5 Å². The largest absolute Gasteiger partial charge is 0.469 e. The van der Waals surface area contributed by atoms with Gasteiger partial charge < -0.3 is 20.2 Å². The van der Waals surface area contributed by atoms with Gasteiger partial charge in [-0.3, -0.25) is 9.32 Å². The lowest BCUT2D eigenvalue weighted by atomic mass is 10.0. The summed E-state index contributed by atoms with van der Waals surface area (Å²) in [5.41, 5.74) is 0. The fraction of sp³-hybridized carbons (Fsp3) is 0.960. The second-order valence-corrected chi connectivity index (χ2v) is 10.6. The molecule has 7 nitrogen and oxygen atoms in total. The molecule has 1 amide bonds. The van der Waals surface area contributed by atoms with Crippen LogP contribution in [0.3, 0.4) is 0 Å². The van der Waals surface area contributed by atoms with Crippen molar-refractivity contribution in [3.05, 3.63) is 0 Å². The fourth-order valence-electron chi connectivity index (χ4n) is 3.99. The Kier molecular flexibility index (Phi) is 21.7. The molecule has 0 rings (SSSR count). The Hall–Kier alpha value is -0.460. The molecule has 0 aliphatic rings. The molecule has 0 aromatic heterocycles. The summed E-state index contributed by atoms with van der Waals surface area (Å²) in [6, 6.07) is -0.812. The van der Waals surface area contributed by atoms with Gasteiger partial charge in [0.15, 0.2) is 0 Å². The number of rotatable bonds is 24. The predicted molar refractivity (Wildman–Crippen MR) is 135 cm³/mol. The van der Waals surface area contributed by atoms with Crippen LogP contribution in [0.15, 0.2) is 0 Å². The second-order valence-electron chi connectivity index (χ2n) is 9.37. The third-order valence-corrected chi connectivity index (χ3v) is 6.58. The van der Waals surface area contributed by atoms with Crippen LogP contribution in [0.5, 0.6) is 0 Å². The van der Waals surface area contributed by atoms with Gasteiger partial charge in [0, 0.05) is 6.42 Å². The molecule has 8 heteroatoms. The summed E-state index contributed by atoms with van der Waals surface area (Å²) in [5.74, 6) is -0.204. The van der Waals surface area contributed by atoms with Crippen LogP contribution in [0.4, 0.5) is 0 Å². The standard InChI is InChI=1S/C25H52NO6P/c1-3-5-7-9-11-12-13-15-16-18-20-24(27)23(22-32-33(29,30)31)26-25(28)21-19-17-14-10-8-6-4-2/h23-24,27H,3-22H2,1-2H3,(H,26,28)(H2,29,30,31)/t23-,24+/m0/s1. The number of carbonyl (C=O) groups excluding carboxylic acids is 1. The lowest BCUT2D eigenvalue weighted by Crippen LogP contribution is -2.46. The lowest BCUT2D eigenvalue weighted by molar-refractivity contribution is -0.123. The number of unbranched alkanes of at least 4 members (excludes halogenated alkanes) is 15. The summed E-state index contributed by atoms with van der Waals surface area (Å²) in [7, 11) is -4.66. The van der Waals surface area contributed by atoms with Crippen LogP contribution in [0.25, 0.3) is 0 Å². The van der Waals surface area contributed by atoms with E-state index in [1.54, 1.807) is 0 Å². The minimum atomic E-state index is -4.66. The highest BCUT2D eigenvalue weighted by Gasteiger charge is 2.25. The van der Waals surface area contributed by atoms with Gasteiger partial charge in [-0.1, -0.05) is 117 Å². The summed E-state index contributed by atoms with van der Waals surface area (Å²) >= 11 is 0. The Balaban J connectivity index is 4.15. The van der Waals surface area contributed by atoms with Crippen molar-refractivity contribution in [3.63, 3.8) is 0 Å². The molecule has 0 fully saturated rings. The Morgan fingerprint density at radius 3 is 1.64 bits per heavy atom. The van der Waals surface area contributed by atoms with Crippen molar-refractivity contribution in [2.75, 3.05) is 6.61 Å². The number of amides is 1. The van der Waals surface area contributed by atoms with Gasteiger partial charge in [0.25, 0.3) is 0 Å². The molecule has 33 heavy (non-hydrogen) atoms. The van der Waals surface area contributed by atoms with Gasteiger partial charge in [-0.2, -0.15) is 0 Å². The monoisotopic (exact) mass is 493 g/mol. The molecule has 0 aliphatic carbocycles. The maximum atomic E-state index is 12.3. The van der Waals surface area contributed by atoms with Crippen LogP contribution in [0, 0.1) is 0 Å². The van der Waals surface area contributed by atoms with E-state index >= 15 is 0 Å². The van der Waals surface area contributed by atoms with Gasteiger partial charge in [-0.25, -0.2) is 4.57 Å². The molecular formula is C25H52NO6P. The van der Waals surface area contributed by atoms with Crippen LogP contribution in [0.1, 0.15) is 136 Å². The van der Waals surface area contributed by atoms with Gasteiger partial charge in [-0.15, -0.1) is 0 Å². The van der Waals surface area contributed by atoms with E-state index < -0.39 is 26.6 Å². The van der Waals surface area contributed by atoms with Gasteiger partial charge >= 0.3 is 7.82 Å². The molecule has 198 valence electrons. The van der Waals surface area contributed by atoms with E-state index in [2.05, 4.69) is 23.7 Å². The molecule has 0 heterocycles. The van der Waals surface area contributed by atoms with Crippen molar-refractivity contribution in [2.24, 2.45) is 0 Å². The topological polar surface area (TPSA) is 116 Å². The zero-order valence-corrected chi connectivity index (χ0v) is 22.2. The molecule has 0 aromatic rings. The molecule has 0 aliphatic heterocycles. The van der Waals surface area contributed by atoms with Gasteiger partial charge in [0.05, 0.1) is 18.8 Å². The highest BCUT2D eigenvalue weighted by molar-refractivity contribution is 7.46. The summed E-state index contributed by atoms with van der Waals surface area (Å²) in [6.45, 7) is 4.01. The first-order chi connectivity index (χ1) is 15.8. The van der Waals surface area contributed by atoms with Gasteiger partial charge in [0.1, 0.15) is 0 Å². The van der Waals surface area contributed by atoms with E-state index in [1.807, 2.05) is 0 Å². The Bertz CT molecular complexity index is 499. The van der Waals surface area contributed by atoms with Crippen LogP contribution in [-0.2, 0) is 13.9 Å². The molecule has 4 N–H and O–H groups in total. The number of phosphoric ester groups is 1. The van der Waals surface area contributed by atoms with Crippen molar-refractivity contribution in [2.45, 2.75) is 148 Å². The number of aliphatic hydroxyl groups excluding tert-OH is 1. The van der Waals surface area contributed by atoms with Crippen molar-refractivity contribution >= 4 is 13.7 Å². The third-order valence-electron chi connectivity index (χ3n) is 6.09. The number of nitrogens with one attached hydrogen (secondary N) is 1. The molecule has 0 radical (unpaired) electrons. The van der Waals surface area contributed by atoms with Crippen LogP contribution >= 0.6 is 7.82 Å². The van der Waals surface area contributed by atoms with Gasteiger partial charge in [-0.05, 0) is 12.8 Å². The first kappa shape index (κ1) is 32.5. The van der Waals surface area contributed by atoms with E-state index in [1.165, 1.54) is 70.6 Å². The highest BCUT2D eigenvalue weighted by Crippen LogP contribution is 2.36. The summed E-state index contributed by atoms with van der Waals surface area (Å²) in [4.78, 5) is 30.3. The van der Waals surface area contributed by atoms with E-state index in [-0.39, 0.29) is 5.91 Å². The molecule has 0 aromatic carbocycles. The predicted octanol–water partition coefficient (Wildman–Crippen LogP) is 6.39. The quantitative estimate of drug-likeness (QED) is 0.0914. The minimum Gasteiger partial charge on any atom is -0.391 e.